The maximum Gasteiger partial charge on any atom is 0.235 e. The Labute approximate surface area is 152 Å². The number of anilines is 1. The minimum atomic E-state index is -0.277. The van der Waals surface area contributed by atoms with Crippen LogP contribution in [-0.2, 0) is 23.6 Å². The van der Waals surface area contributed by atoms with Gasteiger partial charge < -0.3 is 9.30 Å². The molecule has 26 heavy (non-hydrogen) atoms. The third-order valence-electron chi connectivity index (χ3n) is 5.18. The highest BCUT2D eigenvalue weighted by Crippen LogP contribution is 2.35. The Balaban J connectivity index is 1.66. The zero-order chi connectivity index (χ0) is 18.3. The summed E-state index contributed by atoms with van der Waals surface area (Å²) in [7, 11) is 5.60. The monoisotopic (exact) mass is 353 g/mol. The molecule has 1 aliphatic rings. The number of imidazole rings is 1. The number of fused-ring (bicyclic) bond motifs is 1. The maximum absolute atomic E-state index is 13.3. The molecule has 0 spiro atoms. The van der Waals surface area contributed by atoms with E-state index in [1.807, 2.05) is 49.0 Å². The number of carbonyl (C=O) groups is 1. The summed E-state index contributed by atoms with van der Waals surface area (Å²) < 4.78 is 9.71. The molecule has 2 aromatic heterocycles. The Bertz CT molecular complexity index is 944. The highest BCUT2D eigenvalue weighted by Gasteiger charge is 2.37. The van der Waals surface area contributed by atoms with Crippen molar-refractivity contribution in [3.63, 3.8) is 0 Å². The van der Waals surface area contributed by atoms with Crippen LogP contribution in [0.4, 0.5) is 5.95 Å². The number of amides is 1. The van der Waals surface area contributed by atoms with E-state index in [4.69, 9.17) is 4.74 Å². The van der Waals surface area contributed by atoms with Crippen LogP contribution in [0.3, 0.4) is 0 Å². The van der Waals surface area contributed by atoms with Crippen molar-refractivity contribution < 1.29 is 9.53 Å². The van der Waals surface area contributed by atoms with Crippen LogP contribution in [0.5, 0.6) is 0 Å². The van der Waals surface area contributed by atoms with E-state index in [9.17, 15) is 4.79 Å². The molecule has 1 fully saturated rings. The lowest BCUT2D eigenvalue weighted by molar-refractivity contribution is -0.132. The molecule has 0 N–H and O–H groups in total. The number of para-hydroxylation sites is 2. The van der Waals surface area contributed by atoms with E-state index in [1.54, 1.807) is 22.8 Å². The van der Waals surface area contributed by atoms with Gasteiger partial charge >= 0.3 is 0 Å². The van der Waals surface area contributed by atoms with Crippen LogP contribution in [0.15, 0.2) is 36.5 Å². The zero-order valence-corrected chi connectivity index (χ0v) is 15.3. The maximum atomic E-state index is 13.3. The summed E-state index contributed by atoms with van der Waals surface area (Å²) in [4.78, 5) is 19.6. The highest BCUT2D eigenvalue weighted by atomic mass is 16.5. The molecule has 7 nitrogen and oxygen atoms in total. The first-order chi connectivity index (χ1) is 12.6. The van der Waals surface area contributed by atoms with Gasteiger partial charge in [0.25, 0.3) is 0 Å². The number of rotatable bonds is 3. The van der Waals surface area contributed by atoms with Crippen LogP contribution in [0.25, 0.3) is 11.0 Å². The van der Waals surface area contributed by atoms with E-state index in [0.29, 0.717) is 12.6 Å². The fraction of sp³-hybridized carbons (Fsp3) is 0.421. The average Bonchev–Trinajstić information content (AvgIpc) is 3.24. The molecule has 0 bridgehead atoms. The summed E-state index contributed by atoms with van der Waals surface area (Å²) in [6, 6.07) is 9.81. The van der Waals surface area contributed by atoms with Crippen LogP contribution in [0, 0.1) is 5.92 Å². The van der Waals surface area contributed by atoms with Crippen molar-refractivity contribution in [1.82, 2.24) is 19.3 Å². The number of hydrogen-bond acceptors (Lipinski definition) is 4. The van der Waals surface area contributed by atoms with Gasteiger partial charge in [0.1, 0.15) is 6.10 Å². The lowest BCUT2D eigenvalue weighted by Gasteiger charge is -2.33. The molecule has 0 radical (unpaired) electrons. The molecule has 1 aliphatic heterocycles. The van der Waals surface area contributed by atoms with Gasteiger partial charge in [-0.1, -0.05) is 12.1 Å². The summed E-state index contributed by atoms with van der Waals surface area (Å²) >= 11 is 0. The first-order valence-electron chi connectivity index (χ1n) is 8.86. The predicted molar refractivity (Wildman–Crippen MR) is 98.7 cm³/mol. The van der Waals surface area contributed by atoms with Gasteiger partial charge in [-0.25, -0.2) is 4.98 Å². The molecular formula is C19H23N5O2. The van der Waals surface area contributed by atoms with Gasteiger partial charge in [-0.2, -0.15) is 5.10 Å². The van der Waals surface area contributed by atoms with E-state index in [1.165, 1.54) is 0 Å². The molecule has 1 aromatic carbocycles. The molecule has 0 aliphatic carbocycles. The molecule has 0 saturated carbocycles. The average molecular weight is 353 g/mol. The SMILES string of the molecule is CN(C(=O)[C@@H]1CCCO[C@H]1c1ccnn1C)c1nc2ccccc2n1C. The second kappa shape index (κ2) is 6.57. The number of hydrogen-bond donors (Lipinski definition) is 0. The molecule has 1 amide bonds. The Morgan fingerprint density at radius 3 is 2.81 bits per heavy atom. The number of ether oxygens (including phenoxy) is 1. The fourth-order valence-corrected chi connectivity index (χ4v) is 3.77. The first-order valence-corrected chi connectivity index (χ1v) is 8.86. The lowest BCUT2D eigenvalue weighted by Crippen LogP contribution is -2.40. The van der Waals surface area contributed by atoms with Gasteiger partial charge in [0.05, 0.1) is 22.6 Å². The smallest absolute Gasteiger partial charge is 0.235 e. The van der Waals surface area contributed by atoms with Gasteiger partial charge in [-0.3, -0.25) is 14.4 Å². The van der Waals surface area contributed by atoms with Crippen molar-refractivity contribution in [1.29, 1.82) is 0 Å². The molecule has 2 atom stereocenters. The third kappa shape index (κ3) is 2.68. The number of aromatic nitrogens is 4. The molecule has 7 heteroatoms. The van der Waals surface area contributed by atoms with E-state index in [0.717, 1.165) is 29.6 Å². The number of nitrogens with zero attached hydrogens (tertiary/aromatic N) is 5. The molecule has 0 unspecified atom stereocenters. The summed E-state index contributed by atoms with van der Waals surface area (Å²) in [6.07, 6.45) is 3.13. The summed E-state index contributed by atoms with van der Waals surface area (Å²) in [5, 5.41) is 4.23. The van der Waals surface area contributed by atoms with Crippen LogP contribution in [0.1, 0.15) is 24.6 Å². The van der Waals surface area contributed by atoms with Crippen molar-refractivity contribution >= 4 is 22.9 Å². The summed E-state index contributed by atoms with van der Waals surface area (Å²) in [6.45, 7) is 0.662. The molecule has 3 aromatic rings. The van der Waals surface area contributed by atoms with E-state index >= 15 is 0 Å². The number of benzene rings is 1. The minimum absolute atomic E-state index is 0.0225. The van der Waals surface area contributed by atoms with Crippen LogP contribution >= 0.6 is 0 Å². The van der Waals surface area contributed by atoms with Crippen molar-refractivity contribution in [3.8, 4) is 0 Å². The normalized spacial score (nSPS) is 20.4. The Hall–Kier alpha value is -2.67. The Kier molecular flexibility index (Phi) is 4.24. The fourth-order valence-electron chi connectivity index (χ4n) is 3.77. The molecular weight excluding hydrogens is 330 g/mol. The standard InChI is InChI=1S/C19H23N5O2/c1-22-15-9-5-4-8-14(15)21-19(22)23(2)18(25)13-7-6-12-26-17(13)16-10-11-20-24(16)3/h4-5,8-11,13,17H,6-7,12H2,1-3H3/t13-,17-/m1/s1. The van der Waals surface area contributed by atoms with Crippen molar-refractivity contribution in [2.75, 3.05) is 18.6 Å². The molecule has 4 rings (SSSR count). The molecule has 3 heterocycles. The Morgan fingerprint density at radius 2 is 2.08 bits per heavy atom. The van der Waals surface area contributed by atoms with Crippen LogP contribution < -0.4 is 4.90 Å². The Morgan fingerprint density at radius 1 is 1.27 bits per heavy atom. The minimum Gasteiger partial charge on any atom is -0.371 e. The third-order valence-corrected chi connectivity index (χ3v) is 5.18. The molecule has 136 valence electrons. The second-order valence-electron chi connectivity index (χ2n) is 6.78. The number of aryl methyl sites for hydroxylation is 2. The summed E-state index contributed by atoms with van der Waals surface area (Å²) in [5.74, 6) is 0.420. The lowest BCUT2D eigenvalue weighted by atomic mass is 9.91. The zero-order valence-electron chi connectivity index (χ0n) is 15.3. The summed E-state index contributed by atoms with van der Waals surface area (Å²) in [5.41, 5.74) is 2.82. The molecule has 1 saturated heterocycles. The van der Waals surface area contributed by atoms with Gasteiger partial charge in [-0.05, 0) is 31.0 Å². The van der Waals surface area contributed by atoms with Crippen molar-refractivity contribution in [2.45, 2.75) is 18.9 Å². The number of carbonyl (C=O) groups excluding carboxylic acids is 1. The van der Waals surface area contributed by atoms with Gasteiger partial charge in [-0.15, -0.1) is 0 Å². The second-order valence-corrected chi connectivity index (χ2v) is 6.78. The largest absolute Gasteiger partial charge is 0.371 e. The van der Waals surface area contributed by atoms with E-state index < -0.39 is 0 Å². The van der Waals surface area contributed by atoms with E-state index in [-0.39, 0.29) is 17.9 Å². The topological polar surface area (TPSA) is 65.2 Å². The van der Waals surface area contributed by atoms with Gasteiger partial charge in [0.15, 0.2) is 0 Å². The van der Waals surface area contributed by atoms with Crippen molar-refractivity contribution in [2.24, 2.45) is 20.0 Å². The van der Waals surface area contributed by atoms with Gasteiger partial charge in [0, 0.05) is 33.9 Å². The van der Waals surface area contributed by atoms with Crippen LogP contribution in [0.2, 0.25) is 0 Å². The first kappa shape index (κ1) is 16.8. The quantitative estimate of drug-likeness (QED) is 0.725. The van der Waals surface area contributed by atoms with Crippen molar-refractivity contribution in [3.05, 3.63) is 42.2 Å². The van der Waals surface area contributed by atoms with E-state index in [2.05, 4.69) is 10.1 Å². The van der Waals surface area contributed by atoms with Gasteiger partial charge in [0.2, 0.25) is 11.9 Å². The predicted octanol–water partition coefficient (Wildman–Crippen LogP) is 2.44. The highest BCUT2D eigenvalue weighted by molar-refractivity contribution is 5.95. The van der Waals surface area contributed by atoms with Crippen LogP contribution in [-0.4, -0.2) is 38.9 Å².